The minimum Gasteiger partial charge on any atom is -0.481 e. The van der Waals surface area contributed by atoms with Crippen LogP contribution in [0.15, 0.2) is 0 Å². The van der Waals surface area contributed by atoms with Crippen LogP contribution >= 0.6 is 0 Å². The number of methoxy groups -OCH3 is 2. The van der Waals surface area contributed by atoms with Gasteiger partial charge >= 0.3 is 5.97 Å². The molecule has 0 radical (unpaired) electrons. The van der Waals surface area contributed by atoms with E-state index in [1.54, 1.807) is 19.1 Å². The lowest BCUT2D eigenvalue weighted by molar-refractivity contribution is -0.137. The number of carbonyl (C=O) groups excluding carboxylic acids is 1. The van der Waals surface area contributed by atoms with Crippen molar-refractivity contribution >= 4 is 11.9 Å². The normalized spacial score (nSPS) is 10.3. The topological polar surface area (TPSA) is 76.1 Å². The molecule has 6 nitrogen and oxygen atoms in total. The lowest BCUT2D eigenvalue weighted by Gasteiger charge is -2.22. The third-order valence-corrected chi connectivity index (χ3v) is 2.51. The van der Waals surface area contributed by atoms with Crippen molar-refractivity contribution in [2.45, 2.75) is 25.7 Å². The Morgan fingerprint density at radius 3 is 1.94 bits per heavy atom. The van der Waals surface area contributed by atoms with Crippen molar-refractivity contribution in [1.29, 1.82) is 0 Å². The molecule has 106 valence electrons. The number of hydrogen-bond acceptors (Lipinski definition) is 4. The lowest BCUT2D eigenvalue weighted by Crippen LogP contribution is -2.36. The SMILES string of the molecule is COCCN(CCOC)C(=O)CCCCC(=O)O. The highest BCUT2D eigenvalue weighted by Gasteiger charge is 2.12. The van der Waals surface area contributed by atoms with Crippen molar-refractivity contribution in [2.75, 3.05) is 40.5 Å². The molecular weight excluding hydrogens is 238 g/mol. The summed E-state index contributed by atoms with van der Waals surface area (Å²) in [5.41, 5.74) is 0. The van der Waals surface area contributed by atoms with E-state index in [9.17, 15) is 9.59 Å². The Morgan fingerprint density at radius 2 is 1.50 bits per heavy atom. The van der Waals surface area contributed by atoms with Crippen LogP contribution in [0.2, 0.25) is 0 Å². The standard InChI is InChI=1S/C12H23NO5/c1-17-9-7-13(8-10-18-2)11(14)5-3-4-6-12(15)16/h3-10H2,1-2H3,(H,15,16). The van der Waals surface area contributed by atoms with Crippen LogP contribution in [-0.2, 0) is 19.1 Å². The average molecular weight is 261 g/mol. The van der Waals surface area contributed by atoms with Gasteiger partial charge in [0.05, 0.1) is 13.2 Å². The molecule has 0 unspecified atom stereocenters. The Kier molecular flexibility index (Phi) is 10.3. The predicted octanol–water partition coefficient (Wildman–Crippen LogP) is 0.753. The van der Waals surface area contributed by atoms with E-state index in [1.165, 1.54) is 0 Å². The Hall–Kier alpha value is -1.14. The second-order valence-electron chi connectivity index (χ2n) is 3.97. The minimum atomic E-state index is -0.821. The van der Waals surface area contributed by atoms with Crippen molar-refractivity contribution in [3.63, 3.8) is 0 Å². The van der Waals surface area contributed by atoms with Gasteiger partial charge in [-0.1, -0.05) is 0 Å². The van der Waals surface area contributed by atoms with Gasteiger partial charge in [-0.3, -0.25) is 9.59 Å². The fourth-order valence-electron chi connectivity index (χ4n) is 1.47. The number of aliphatic carboxylic acids is 1. The molecule has 0 spiro atoms. The first-order valence-electron chi connectivity index (χ1n) is 6.09. The van der Waals surface area contributed by atoms with Gasteiger partial charge < -0.3 is 19.5 Å². The minimum absolute atomic E-state index is 0.0227. The third-order valence-electron chi connectivity index (χ3n) is 2.51. The van der Waals surface area contributed by atoms with Crippen molar-refractivity contribution < 1.29 is 24.2 Å². The van der Waals surface area contributed by atoms with Crippen LogP contribution in [0.25, 0.3) is 0 Å². The van der Waals surface area contributed by atoms with Crippen LogP contribution in [0.5, 0.6) is 0 Å². The summed E-state index contributed by atoms with van der Waals surface area (Å²) in [4.78, 5) is 23.9. The van der Waals surface area contributed by atoms with Crippen LogP contribution < -0.4 is 0 Å². The van der Waals surface area contributed by atoms with E-state index < -0.39 is 5.97 Å². The maximum atomic E-state index is 11.9. The van der Waals surface area contributed by atoms with Gasteiger partial charge in [-0.15, -0.1) is 0 Å². The Bertz CT molecular complexity index is 237. The van der Waals surface area contributed by atoms with Crippen LogP contribution in [-0.4, -0.2) is 62.4 Å². The van der Waals surface area contributed by atoms with E-state index in [4.69, 9.17) is 14.6 Å². The van der Waals surface area contributed by atoms with Gasteiger partial charge in [0.2, 0.25) is 5.91 Å². The van der Waals surface area contributed by atoms with Crippen molar-refractivity contribution in [2.24, 2.45) is 0 Å². The Labute approximate surface area is 108 Å². The third kappa shape index (κ3) is 8.95. The summed E-state index contributed by atoms with van der Waals surface area (Å²) in [5.74, 6) is -0.799. The summed E-state index contributed by atoms with van der Waals surface area (Å²) < 4.78 is 9.89. The zero-order valence-corrected chi connectivity index (χ0v) is 11.2. The average Bonchev–Trinajstić information content (AvgIpc) is 2.34. The van der Waals surface area contributed by atoms with Gasteiger partial charge in [-0.2, -0.15) is 0 Å². The predicted molar refractivity (Wildman–Crippen MR) is 66.4 cm³/mol. The fourth-order valence-corrected chi connectivity index (χ4v) is 1.47. The fraction of sp³-hybridized carbons (Fsp3) is 0.833. The maximum Gasteiger partial charge on any atom is 0.303 e. The Balaban J connectivity index is 3.91. The van der Waals surface area contributed by atoms with Gasteiger partial charge in [-0.25, -0.2) is 0 Å². The number of amides is 1. The van der Waals surface area contributed by atoms with Crippen molar-refractivity contribution in [3.05, 3.63) is 0 Å². The maximum absolute atomic E-state index is 11.9. The number of nitrogens with zero attached hydrogens (tertiary/aromatic N) is 1. The molecule has 0 heterocycles. The molecule has 0 aromatic rings. The second kappa shape index (κ2) is 11.0. The molecule has 0 aliphatic heterocycles. The van der Waals surface area contributed by atoms with E-state index in [-0.39, 0.29) is 12.3 Å². The van der Waals surface area contributed by atoms with E-state index in [2.05, 4.69) is 0 Å². The van der Waals surface area contributed by atoms with Crippen molar-refractivity contribution in [1.82, 2.24) is 4.90 Å². The van der Waals surface area contributed by atoms with Crippen LogP contribution in [0.1, 0.15) is 25.7 Å². The largest absolute Gasteiger partial charge is 0.481 e. The van der Waals surface area contributed by atoms with Crippen molar-refractivity contribution in [3.8, 4) is 0 Å². The molecule has 0 aliphatic rings. The van der Waals surface area contributed by atoms with Gasteiger partial charge in [-0.05, 0) is 12.8 Å². The van der Waals surface area contributed by atoms with Crippen LogP contribution in [0.3, 0.4) is 0 Å². The molecule has 0 aromatic heterocycles. The smallest absolute Gasteiger partial charge is 0.303 e. The molecule has 0 saturated carbocycles. The van der Waals surface area contributed by atoms with Gasteiger partial charge in [0.15, 0.2) is 0 Å². The number of ether oxygens (including phenoxy) is 2. The zero-order chi connectivity index (χ0) is 13.8. The van der Waals surface area contributed by atoms with Gasteiger partial charge in [0.1, 0.15) is 0 Å². The van der Waals surface area contributed by atoms with E-state index in [0.717, 1.165) is 0 Å². The summed E-state index contributed by atoms with van der Waals surface area (Å²) in [6.45, 7) is 2.06. The summed E-state index contributed by atoms with van der Waals surface area (Å²) >= 11 is 0. The van der Waals surface area contributed by atoms with E-state index in [0.29, 0.717) is 45.6 Å². The second-order valence-corrected chi connectivity index (χ2v) is 3.97. The highest BCUT2D eigenvalue weighted by molar-refractivity contribution is 5.76. The lowest BCUT2D eigenvalue weighted by atomic mass is 10.2. The molecule has 0 bridgehead atoms. The number of unbranched alkanes of at least 4 members (excludes halogenated alkanes) is 1. The summed E-state index contributed by atoms with van der Waals surface area (Å²) in [7, 11) is 3.18. The molecule has 0 rings (SSSR count). The number of carboxylic acids is 1. The van der Waals surface area contributed by atoms with E-state index in [1.807, 2.05) is 0 Å². The molecule has 6 heteroatoms. The molecule has 1 N–H and O–H groups in total. The highest BCUT2D eigenvalue weighted by atomic mass is 16.5. The summed E-state index contributed by atoms with van der Waals surface area (Å²) in [5, 5.41) is 8.49. The number of carboxylic acid groups (broad SMARTS) is 1. The van der Waals surface area contributed by atoms with Gasteiger partial charge in [0, 0.05) is 40.2 Å². The molecule has 0 saturated heterocycles. The highest BCUT2D eigenvalue weighted by Crippen LogP contribution is 2.04. The first kappa shape index (κ1) is 16.9. The number of carbonyl (C=O) groups is 2. The molecule has 0 aromatic carbocycles. The molecule has 0 atom stereocenters. The number of rotatable bonds is 11. The summed E-state index contributed by atoms with van der Waals surface area (Å²) in [6, 6.07) is 0. The molecular formula is C12H23NO5. The summed E-state index contributed by atoms with van der Waals surface area (Å²) in [6.07, 6.45) is 1.62. The van der Waals surface area contributed by atoms with Crippen LogP contribution in [0.4, 0.5) is 0 Å². The monoisotopic (exact) mass is 261 g/mol. The molecule has 0 fully saturated rings. The Morgan fingerprint density at radius 1 is 1.00 bits per heavy atom. The number of hydrogen-bond donors (Lipinski definition) is 1. The van der Waals surface area contributed by atoms with Gasteiger partial charge in [0.25, 0.3) is 0 Å². The zero-order valence-electron chi connectivity index (χ0n) is 11.2. The molecule has 18 heavy (non-hydrogen) atoms. The first-order valence-corrected chi connectivity index (χ1v) is 6.09. The quantitative estimate of drug-likeness (QED) is 0.555. The van der Waals surface area contributed by atoms with E-state index >= 15 is 0 Å². The molecule has 0 aliphatic carbocycles. The molecule has 1 amide bonds. The first-order chi connectivity index (χ1) is 8.61. The van der Waals surface area contributed by atoms with Crippen LogP contribution in [0, 0.1) is 0 Å².